The molecule has 0 atom stereocenters. The molecule has 0 spiro atoms. The fraction of sp³-hybridized carbons (Fsp3) is 0. The first-order valence-corrected chi connectivity index (χ1v) is 5.12. The molecule has 0 bridgehead atoms. The summed E-state index contributed by atoms with van der Waals surface area (Å²) in [5.74, 6) is 0.741. The van der Waals surface area contributed by atoms with E-state index in [0.717, 1.165) is 11.3 Å². The summed E-state index contributed by atoms with van der Waals surface area (Å²) in [6.45, 7) is 0. The van der Waals surface area contributed by atoms with Gasteiger partial charge in [-0.3, -0.25) is 9.38 Å². The third kappa shape index (κ3) is 1.44. The number of aromatic nitrogens is 4. The molecule has 0 aliphatic carbocycles. The molecule has 0 fully saturated rings. The Morgan fingerprint density at radius 2 is 2.06 bits per heavy atom. The molecule has 0 aliphatic heterocycles. The normalized spacial score (nSPS) is 10.8. The first-order valence-electron chi connectivity index (χ1n) is 4.74. The van der Waals surface area contributed by atoms with Crippen molar-refractivity contribution in [3.05, 3.63) is 48.1 Å². The van der Waals surface area contributed by atoms with Crippen LogP contribution in [0.15, 0.2) is 43.0 Å². The van der Waals surface area contributed by atoms with Gasteiger partial charge in [-0.25, -0.2) is 9.97 Å². The van der Waals surface area contributed by atoms with E-state index in [1.807, 2.05) is 28.8 Å². The summed E-state index contributed by atoms with van der Waals surface area (Å²) in [7, 11) is 0. The third-order valence-corrected chi connectivity index (χ3v) is 2.46. The van der Waals surface area contributed by atoms with E-state index in [1.165, 1.54) is 6.20 Å². The maximum absolute atomic E-state index is 5.80. The van der Waals surface area contributed by atoms with Gasteiger partial charge in [-0.15, -0.1) is 0 Å². The summed E-state index contributed by atoms with van der Waals surface area (Å²) in [6, 6.07) is 5.88. The van der Waals surface area contributed by atoms with Crippen molar-refractivity contribution in [1.29, 1.82) is 0 Å². The van der Waals surface area contributed by atoms with Gasteiger partial charge in [0.2, 0.25) is 0 Å². The van der Waals surface area contributed by atoms with Crippen molar-refractivity contribution in [2.24, 2.45) is 0 Å². The lowest BCUT2D eigenvalue weighted by molar-refractivity contribution is 1.10. The maximum atomic E-state index is 5.80. The molecule has 0 saturated carbocycles. The van der Waals surface area contributed by atoms with E-state index in [0.29, 0.717) is 10.8 Å². The molecule has 0 unspecified atom stereocenters. The number of pyridine rings is 1. The molecule has 4 nitrogen and oxygen atoms in total. The zero-order valence-corrected chi connectivity index (χ0v) is 8.96. The van der Waals surface area contributed by atoms with Crippen molar-refractivity contribution in [1.82, 2.24) is 19.4 Å². The van der Waals surface area contributed by atoms with Crippen LogP contribution >= 0.6 is 11.6 Å². The van der Waals surface area contributed by atoms with E-state index in [4.69, 9.17) is 11.6 Å². The molecule has 0 aromatic carbocycles. The molecule has 0 amide bonds. The monoisotopic (exact) mass is 230 g/mol. The van der Waals surface area contributed by atoms with Crippen LogP contribution in [-0.2, 0) is 0 Å². The van der Waals surface area contributed by atoms with E-state index in [-0.39, 0.29) is 0 Å². The van der Waals surface area contributed by atoms with E-state index < -0.39 is 0 Å². The highest BCUT2D eigenvalue weighted by Crippen LogP contribution is 2.17. The Balaban J connectivity index is 2.26. The molecule has 0 radical (unpaired) electrons. The average Bonchev–Trinajstić information content (AvgIpc) is 2.72. The fourth-order valence-corrected chi connectivity index (χ4v) is 1.73. The first kappa shape index (κ1) is 9.30. The van der Waals surface area contributed by atoms with Gasteiger partial charge in [0.1, 0.15) is 10.8 Å². The average molecular weight is 231 g/mol. The summed E-state index contributed by atoms with van der Waals surface area (Å²) in [6.07, 6.45) is 6.87. The van der Waals surface area contributed by atoms with Crippen LogP contribution in [0.3, 0.4) is 0 Å². The SMILES string of the molecule is Clc1cncc(-c2ncc3ccccn23)n1. The van der Waals surface area contributed by atoms with Crippen molar-refractivity contribution in [2.45, 2.75) is 0 Å². The van der Waals surface area contributed by atoms with Crippen molar-refractivity contribution >= 4 is 17.1 Å². The predicted molar refractivity (Wildman–Crippen MR) is 61.2 cm³/mol. The Morgan fingerprint density at radius 1 is 1.12 bits per heavy atom. The molecular formula is C11H7ClN4. The highest BCUT2D eigenvalue weighted by Gasteiger charge is 2.07. The van der Waals surface area contributed by atoms with Gasteiger partial charge in [0.25, 0.3) is 0 Å². The Kier molecular flexibility index (Phi) is 2.08. The number of hydrogen-bond donors (Lipinski definition) is 0. The molecule has 3 rings (SSSR count). The van der Waals surface area contributed by atoms with Gasteiger partial charge in [-0.2, -0.15) is 0 Å². The zero-order valence-electron chi connectivity index (χ0n) is 8.21. The topological polar surface area (TPSA) is 43.1 Å². The van der Waals surface area contributed by atoms with Crippen LogP contribution in [0, 0.1) is 0 Å². The highest BCUT2D eigenvalue weighted by atomic mass is 35.5. The minimum atomic E-state index is 0.366. The summed E-state index contributed by atoms with van der Waals surface area (Å²) in [5, 5.41) is 0.366. The second-order valence-electron chi connectivity index (χ2n) is 3.30. The molecule has 0 N–H and O–H groups in total. The lowest BCUT2D eigenvalue weighted by atomic mass is 10.4. The highest BCUT2D eigenvalue weighted by molar-refractivity contribution is 6.29. The van der Waals surface area contributed by atoms with Gasteiger partial charge in [0.15, 0.2) is 5.82 Å². The quantitative estimate of drug-likeness (QED) is 0.645. The Morgan fingerprint density at radius 3 is 2.94 bits per heavy atom. The van der Waals surface area contributed by atoms with Gasteiger partial charge in [0.05, 0.1) is 24.1 Å². The van der Waals surface area contributed by atoms with E-state index in [2.05, 4.69) is 15.0 Å². The van der Waals surface area contributed by atoms with Gasteiger partial charge < -0.3 is 0 Å². The number of hydrogen-bond acceptors (Lipinski definition) is 3. The van der Waals surface area contributed by atoms with Crippen LogP contribution in [0.25, 0.3) is 17.0 Å². The summed E-state index contributed by atoms with van der Waals surface area (Å²) >= 11 is 5.80. The van der Waals surface area contributed by atoms with Crippen LogP contribution in [0.1, 0.15) is 0 Å². The maximum Gasteiger partial charge on any atom is 0.164 e. The van der Waals surface area contributed by atoms with E-state index in [9.17, 15) is 0 Å². The second kappa shape index (κ2) is 3.57. The first-order chi connectivity index (χ1) is 7.84. The molecule has 5 heteroatoms. The Labute approximate surface area is 96.6 Å². The summed E-state index contributed by atoms with van der Waals surface area (Å²) < 4.78 is 1.94. The number of rotatable bonds is 1. The van der Waals surface area contributed by atoms with Crippen molar-refractivity contribution in [3.8, 4) is 11.5 Å². The van der Waals surface area contributed by atoms with Crippen LogP contribution < -0.4 is 0 Å². The predicted octanol–water partition coefficient (Wildman–Crippen LogP) is 2.44. The minimum absolute atomic E-state index is 0.366. The van der Waals surface area contributed by atoms with Gasteiger partial charge in [-0.05, 0) is 12.1 Å². The molecule has 0 saturated heterocycles. The van der Waals surface area contributed by atoms with Crippen molar-refractivity contribution in [2.75, 3.05) is 0 Å². The number of fused-ring (bicyclic) bond motifs is 1. The van der Waals surface area contributed by atoms with Crippen LogP contribution in [0.4, 0.5) is 0 Å². The van der Waals surface area contributed by atoms with Crippen molar-refractivity contribution in [3.63, 3.8) is 0 Å². The smallest absolute Gasteiger partial charge is 0.164 e. The lowest BCUT2D eigenvalue weighted by Crippen LogP contribution is -1.92. The molecule has 16 heavy (non-hydrogen) atoms. The fourth-order valence-electron chi connectivity index (χ4n) is 1.58. The Hall–Kier alpha value is -1.94. The minimum Gasteiger partial charge on any atom is -0.298 e. The standard InChI is InChI=1S/C11H7ClN4/c12-10-7-13-6-9(15-10)11-14-5-8-3-1-2-4-16(8)11/h1-7H. The van der Waals surface area contributed by atoms with E-state index in [1.54, 1.807) is 12.4 Å². The molecule has 3 aromatic heterocycles. The van der Waals surface area contributed by atoms with Crippen LogP contribution in [-0.4, -0.2) is 19.4 Å². The number of halogens is 1. The summed E-state index contributed by atoms with van der Waals surface area (Å²) in [4.78, 5) is 12.5. The van der Waals surface area contributed by atoms with E-state index >= 15 is 0 Å². The van der Waals surface area contributed by atoms with Gasteiger partial charge in [-0.1, -0.05) is 17.7 Å². The third-order valence-electron chi connectivity index (χ3n) is 2.27. The molecule has 78 valence electrons. The Bertz CT molecular complexity index is 647. The van der Waals surface area contributed by atoms with Gasteiger partial charge >= 0.3 is 0 Å². The molecule has 3 heterocycles. The lowest BCUT2D eigenvalue weighted by Gasteiger charge is -1.99. The van der Waals surface area contributed by atoms with Crippen LogP contribution in [0.2, 0.25) is 5.15 Å². The second-order valence-corrected chi connectivity index (χ2v) is 3.69. The summed E-state index contributed by atoms with van der Waals surface area (Å²) in [5.41, 5.74) is 1.68. The van der Waals surface area contributed by atoms with Crippen molar-refractivity contribution < 1.29 is 0 Å². The van der Waals surface area contributed by atoms with Crippen LogP contribution in [0.5, 0.6) is 0 Å². The number of imidazole rings is 1. The zero-order chi connectivity index (χ0) is 11.0. The van der Waals surface area contributed by atoms with Gasteiger partial charge in [0, 0.05) is 6.20 Å². The molecule has 0 aliphatic rings. The molecular weight excluding hydrogens is 224 g/mol. The molecule has 3 aromatic rings. The largest absolute Gasteiger partial charge is 0.298 e. The number of nitrogens with zero attached hydrogens (tertiary/aromatic N) is 4.